The van der Waals surface area contributed by atoms with Crippen molar-refractivity contribution in [3.05, 3.63) is 89.5 Å². The van der Waals surface area contributed by atoms with Crippen LogP contribution in [0.2, 0.25) is 0 Å². The first-order valence-electron chi connectivity index (χ1n) is 10.8. The standard InChI is InChI=1S/C25H25N3O5S/c1-18-8-2-5-14-23(18)33-17-24(29)26-27-25(30)20-10-6-12-21(16-20)34(31,32)28-15-7-11-19-9-3-4-13-22(19)28/h2-6,8-10,12-14,16H,7,11,15,17H2,1H3,(H,26,29)(H,27,30). The Bertz CT molecular complexity index is 1320. The van der Waals surface area contributed by atoms with E-state index in [1.165, 1.54) is 28.6 Å². The molecule has 2 N–H and O–H groups in total. The molecule has 1 heterocycles. The van der Waals surface area contributed by atoms with E-state index in [4.69, 9.17) is 4.74 Å². The van der Waals surface area contributed by atoms with E-state index in [9.17, 15) is 18.0 Å². The number of para-hydroxylation sites is 2. The smallest absolute Gasteiger partial charge is 0.276 e. The Balaban J connectivity index is 1.41. The summed E-state index contributed by atoms with van der Waals surface area (Å²) in [7, 11) is -3.86. The number of benzene rings is 3. The molecule has 1 aliphatic rings. The molecule has 3 aromatic carbocycles. The average Bonchev–Trinajstić information content (AvgIpc) is 2.86. The number of rotatable bonds is 6. The Labute approximate surface area is 198 Å². The minimum Gasteiger partial charge on any atom is -0.483 e. The van der Waals surface area contributed by atoms with Gasteiger partial charge in [-0.15, -0.1) is 0 Å². The summed E-state index contributed by atoms with van der Waals surface area (Å²) in [6, 6.07) is 20.4. The van der Waals surface area contributed by atoms with Crippen molar-refractivity contribution in [3.63, 3.8) is 0 Å². The fraction of sp³-hybridized carbons (Fsp3) is 0.200. The van der Waals surface area contributed by atoms with Gasteiger partial charge in [-0.3, -0.25) is 24.7 Å². The maximum absolute atomic E-state index is 13.3. The van der Waals surface area contributed by atoms with Crippen LogP contribution in [-0.4, -0.2) is 33.4 Å². The van der Waals surface area contributed by atoms with Crippen molar-refractivity contribution in [1.29, 1.82) is 0 Å². The van der Waals surface area contributed by atoms with Crippen molar-refractivity contribution < 1.29 is 22.7 Å². The van der Waals surface area contributed by atoms with Crippen LogP contribution in [0.5, 0.6) is 5.75 Å². The number of ether oxygens (including phenoxy) is 1. The van der Waals surface area contributed by atoms with Crippen LogP contribution in [0, 0.1) is 6.92 Å². The number of carbonyl (C=O) groups is 2. The number of nitrogens with one attached hydrogen (secondary N) is 2. The van der Waals surface area contributed by atoms with E-state index in [0.717, 1.165) is 17.5 Å². The van der Waals surface area contributed by atoms with Crippen LogP contribution in [0.3, 0.4) is 0 Å². The third-order valence-electron chi connectivity index (χ3n) is 5.52. The number of nitrogens with zero attached hydrogens (tertiary/aromatic N) is 1. The maximum Gasteiger partial charge on any atom is 0.276 e. The Kier molecular flexibility index (Phi) is 6.83. The Hall–Kier alpha value is -3.85. The molecule has 9 heteroatoms. The van der Waals surface area contributed by atoms with Crippen LogP contribution in [0.25, 0.3) is 0 Å². The summed E-state index contributed by atoms with van der Waals surface area (Å²) in [5.74, 6) is -0.619. The Morgan fingerprint density at radius 2 is 1.74 bits per heavy atom. The summed E-state index contributed by atoms with van der Waals surface area (Å²) in [4.78, 5) is 24.6. The van der Waals surface area contributed by atoms with Crippen molar-refractivity contribution in [3.8, 4) is 5.75 Å². The van der Waals surface area contributed by atoms with Crippen LogP contribution >= 0.6 is 0 Å². The van der Waals surface area contributed by atoms with E-state index >= 15 is 0 Å². The zero-order valence-electron chi connectivity index (χ0n) is 18.7. The van der Waals surface area contributed by atoms with Crippen LogP contribution in [0.15, 0.2) is 77.7 Å². The van der Waals surface area contributed by atoms with Gasteiger partial charge in [0.05, 0.1) is 10.6 Å². The number of anilines is 1. The van der Waals surface area contributed by atoms with E-state index < -0.39 is 21.8 Å². The zero-order valence-corrected chi connectivity index (χ0v) is 19.5. The van der Waals surface area contributed by atoms with Gasteiger partial charge in [-0.2, -0.15) is 0 Å². The average molecular weight is 480 g/mol. The highest BCUT2D eigenvalue weighted by Crippen LogP contribution is 2.31. The summed E-state index contributed by atoms with van der Waals surface area (Å²) in [5, 5.41) is 0. The fourth-order valence-electron chi connectivity index (χ4n) is 3.77. The quantitative estimate of drug-likeness (QED) is 0.529. The van der Waals surface area contributed by atoms with Crippen molar-refractivity contribution >= 4 is 27.5 Å². The molecule has 0 aliphatic carbocycles. The summed E-state index contributed by atoms with van der Waals surface area (Å²) in [5.41, 5.74) is 7.20. The van der Waals surface area contributed by atoms with Crippen LogP contribution in [-0.2, 0) is 21.2 Å². The van der Waals surface area contributed by atoms with Crippen LogP contribution in [0.4, 0.5) is 5.69 Å². The summed E-state index contributed by atoms with van der Waals surface area (Å²) in [6.45, 7) is 1.94. The molecular formula is C25H25N3O5S. The molecule has 2 amide bonds. The van der Waals surface area contributed by atoms with E-state index in [2.05, 4.69) is 10.9 Å². The number of amides is 2. The lowest BCUT2D eigenvalue weighted by Gasteiger charge is -2.30. The van der Waals surface area contributed by atoms with Crippen molar-refractivity contribution in [2.45, 2.75) is 24.7 Å². The number of hydrazine groups is 1. The minimum atomic E-state index is -3.86. The van der Waals surface area contributed by atoms with Gasteiger partial charge in [0, 0.05) is 12.1 Å². The molecule has 1 aliphatic heterocycles. The SMILES string of the molecule is Cc1ccccc1OCC(=O)NNC(=O)c1cccc(S(=O)(=O)N2CCCc3ccccc32)c1. The van der Waals surface area contributed by atoms with Crippen LogP contribution < -0.4 is 19.9 Å². The van der Waals surface area contributed by atoms with E-state index in [0.29, 0.717) is 24.4 Å². The lowest BCUT2D eigenvalue weighted by Crippen LogP contribution is -2.44. The molecule has 0 saturated heterocycles. The lowest BCUT2D eigenvalue weighted by atomic mass is 10.0. The number of hydrogen-bond acceptors (Lipinski definition) is 5. The molecule has 4 rings (SSSR count). The lowest BCUT2D eigenvalue weighted by molar-refractivity contribution is -0.123. The molecule has 0 radical (unpaired) electrons. The second kappa shape index (κ2) is 9.96. The molecule has 3 aromatic rings. The second-order valence-electron chi connectivity index (χ2n) is 7.89. The molecule has 34 heavy (non-hydrogen) atoms. The van der Waals surface area contributed by atoms with Gasteiger partial charge in [0.2, 0.25) is 0 Å². The number of sulfonamides is 1. The van der Waals surface area contributed by atoms with Gasteiger partial charge < -0.3 is 4.74 Å². The highest BCUT2D eigenvalue weighted by atomic mass is 32.2. The van der Waals surface area contributed by atoms with Gasteiger partial charge in [0.15, 0.2) is 6.61 Å². The van der Waals surface area contributed by atoms with Gasteiger partial charge >= 0.3 is 0 Å². The summed E-state index contributed by atoms with van der Waals surface area (Å²) in [6.07, 6.45) is 1.53. The predicted molar refractivity (Wildman–Crippen MR) is 128 cm³/mol. The molecule has 0 aromatic heterocycles. The summed E-state index contributed by atoms with van der Waals surface area (Å²) >= 11 is 0. The maximum atomic E-state index is 13.3. The number of hydrogen-bond donors (Lipinski definition) is 2. The highest BCUT2D eigenvalue weighted by Gasteiger charge is 2.29. The minimum absolute atomic E-state index is 0.00562. The summed E-state index contributed by atoms with van der Waals surface area (Å²) < 4.78 is 33.5. The van der Waals surface area contributed by atoms with Gasteiger partial charge in [-0.25, -0.2) is 8.42 Å². The van der Waals surface area contributed by atoms with E-state index in [-0.39, 0.29) is 17.1 Å². The van der Waals surface area contributed by atoms with Gasteiger partial charge in [0.1, 0.15) is 5.75 Å². The Morgan fingerprint density at radius 3 is 2.56 bits per heavy atom. The first-order chi connectivity index (χ1) is 16.4. The Morgan fingerprint density at radius 1 is 0.971 bits per heavy atom. The second-order valence-corrected chi connectivity index (χ2v) is 9.76. The predicted octanol–water partition coefficient (Wildman–Crippen LogP) is 2.98. The first-order valence-corrected chi connectivity index (χ1v) is 12.3. The monoisotopic (exact) mass is 479 g/mol. The van der Waals surface area contributed by atoms with Crippen molar-refractivity contribution in [2.75, 3.05) is 17.5 Å². The molecule has 8 nitrogen and oxygen atoms in total. The third kappa shape index (κ3) is 5.04. The number of aryl methyl sites for hydroxylation is 2. The zero-order chi connectivity index (χ0) is 24.1. The van der Waals surface area contributed by atoms with E-state index in [1.54, 1.807) is 18.2 Å². The molecule has 0 bridgehead atoms. The first kappa shape index (κ1) is 23.3. The molecule has 0 atom stereocenters. The largest absolute Gasteiger partial charge is 0.483 e. The van der Waals surface area contributed by atoms with Gasteiger partial charge in [-0.05, 0) is 61.2 Å². The van der Waals surface area contributed by atoms with Crippen molar-refractivity contribution in [2.24, 2.45) is 0 Å². The molecule has 0 spiro atoms. The number of carbonyl (C=O) groups excluding carboxylic acids is 2. The molecule has 0 unspecified atom stereocenters. The molecular weight excluding hydrogens is 454 g/mol. The topological polar surface area (TPSA) is 105 Å². The third-order valence-corrected chi connectivity index (χ3v) is 7.33. The fourth-order valence-corrected chi connectivity index (χ4v) is 5.36. The number of fused-ring (bicyclic) bond motifs is 1. The molecule has 0 fully saturated rings. The van der Waals surface area contributed by atoms with E-state index in [1.807, 2.05) is 37.3 Å². The molecule has 0 saturated carbocycles. The molecule has 176 valence electrons. The van der Waals surface area contributed by atoms with Gasteiger partial charge in [-0.1, -0.05) is 42.5 Å². The highest BCUT2D eigenvalue weighted by molar-refractivity contribution is 7.92. The van der Waals surface area contributed by atoms with Crippen molar-refractivity contribution in [1.82, 2.24) is 10.9 Å². The normalized spacial score (nSPS) is 13.0. The van der Waals surface area contributed by atoms with Gasteiger partial charge in [0.25, 0.3) is 21.8 Å². The van der Waals surface area contributed by atoms with Crippen LogP contribution in [0.1, 0.15) is 27.9 Å².